The minimum atomic E-state index is -0.500. The van der Waals surface area contributed by atoms with Gasteiger partial charge in [0.25, 0.3) is 0 Å². The van der Waals surface area contributed by atoms with E-state index in [4.69, 9.17) is 0 Å². The predicted molar refractivity (Wildman–Crippen MR) is 112 cm³/mol. The van der Waals surface area contributed by atoms with E-state index in [1.54, 1.807) is 0 Å². The zero-order valence-electron chi connectivity index (χ0n) is 17.7. The minimum Gasteiger partial charge on any atom is -0.344 e. The highest BCUT2D eigenvalue weighted by atomic mass is 16.2. The molecule has 4 fully saturated rings. The van der Waals surface area contributed by atoms with Crippen molar-refractivity contribution in [3.8, 4) is 0 Å². The first kappa shape index (κ1) is 19.5. The SMILES string of the molecule is Cc1cccc(NC(=O)[C@H](NC(=O)C23CC4CC(CC(C4)C2)C3)C(C)C)c1C. The van der Waals surface area contributed by atoms with Gasteiger partial charge in [-0.2, -0.15) is 0 Å². The third-order valence-corrected chi connectivity index (χ3v) is 7.62. The van der Waals surface area contributed by atoms with Gasteiger partial charge in [0.1, 0.15) is 6.04 Å². The number of rotatable bonds is 5. The molecule has 4 aliphatic rings. The van der Waals surface area contributed by atoms with Crippen molar-refractivity contribution in [2.75, 3.05) is 5.32 Å². The molecule has 1 atom stereocenters. The van der Waals surface area contributed by atoms with Gasteiger partial charge in [-0.05, 0) is 93.2 Å². The second-order valence-electron chi connectivity index (χ2n) is 10.1. The highest BCUT2D eigenvalue weighted by molar-refractivity contribution is 5.98. The Hall–Kier alpha value is -1.84. The van der Waals surface area contributed by atoms with Crippen LogP contribution in [0.25, 0.3) is 0 Å². The Kier molecular flexibility index (Phi) is 5.01. The molecule has 0 heterocycles. The van der Waals surface area contributed by atoms with E-state index < -0.39 is 6.04 Å². The molecule has 4 saturated carbocycles. The van der Waals surface area contributed by atoms with Gasteiger partial charge in [0.15, 0.2) is 0 Å². The molecule has 0 aliphatic heterocycles. The maximum Gasteiger partial charge on any atom is 0.247 e. The van der Waals surface area contributed by atoms with Gasteiger partial charge in [-0.1, -0.05) is 26.0 Å². The summed E-state index contributed by atoms with van der Waals surface area (Å²) in [4.78, 5) is 26.5. The topological polar surface area (TPSA) is 58.2 Å². The summed E-state index contributed by atoms with van der Waals surface area (Å²) in [6, 6.07) is 5.43. The summed E-state index contributed by atoms with van der Waals surface area (Å²) in [5.74, 6) is 2.22. The van der Waals surface area contributed by atoms with E-state index in [-0.39, 0.29) is 23.1 Å². The van der Waals surface area contributed by atoms with Gasteiger partial charge in [0.05, 0.1) is 0 Å². The third-order valence-electron chi connectivity index (χ3n) is 7.62. The van der Waals surface area contributed by atoms with Gasteiger partial charge < -0.3 is 10.6 Å². The van der Waals surface area contributed by atoms with E-state index in [0.29, 0.717) is 0 Å². The second-order valence-corrected chi connectivity index (χ2v) is 10.1. The smallest absolute Gasteiger partial charge is 0.247 e. The molecule has 4 heteroatoms. The molecule has 0 unspecified atom stereocenters. The minimum absolute atomic E-state index is 0.0444. The molecule has 152 valence electrons. The molecular weight excluding hydrogens is 348 g/mol. The Bertz CT molecular complexity index is 748. The molecule has 0 spiro atoms. The number of amides is 2. The highest BCUT2D eigenvalue weighted by Gasteiger charge is 2.55. The standard InChI is InChI=1S/C24H34N2O2/c1-14(2)21(22(27)25-20-7-5-6-15(3)16(20)4)26-23(28)24-11-17-8-18(12-24)10-19(9-17)13-24/h5-7,14,17-19,21H,8-13H2,1-4H3,(H,25,27)(H,26,28)/t17?,18?,19?,21-,24?/m1/s1. The Morgan fingerprint density at radius 2 is 1.57 bits per heavy atom. The summed E-state index contributed by atoms with van der Waals surface area (Å²) >= 11 is 0. The lowest BCUT2D eigenvalue weighted by molar-refractivity contribution is -0.148. The van der Waals surface area contributed by atoms with Crippen LogP contribution in [0.5, 0.6) is 0 Å². The Morgan fingerprint density at radius 3 is 2.11 bits per heavy atom. The Balaban J connectivity index is 1.48. The van der Waals surface area contributed by atoms with Crippen LogP contribution in [0.3, 0.4) is 0 Å². The molecular formula is C24H34N2O2. The van der Waals surface area contributed by atoms with Crippen LogP contribution in [-0.4, -0.2) is 17.9 Å². The van der Waals surface area contributed by atoms with E-state index in [1.807, 2.05) is 45.9 Å². The summed E-state index contributed by atoms with van der Waals surface area (Å²) in [5, 5.41) is 6.23. The molecule has 4 nitrogen and oxygen atoms in total. The summed E-state index contributed by atoms with van der Waals surface area (Å²) in [6.07, 6.45) is 7.00. The number of hydrogen-bond acceptors (Lipinski definition) is 2. The number of aryl methyl sites for hydroxylation is 1. The van der Waals surface area contributed by atoms with Crippen LogP contribution < -0.4 is 10.6 Å². The number of hydrogen-bond donors (Lipinski definition) is 2. The van der Waals surface area contributed by atoms with Crippen molar-refractivity contribution < 1.29 is 9.59 Å². The quantitative estimate of drug-likeness (QED) is 0.782. The fourth-order valence-corrected chi connectivity index (χ4v) is 6.32. The van der Waals surface area contributed by atoms with Gasteiger partial charge >= 0.3 is 0 Å². The molecule has 0 aromatic heterocycles. The van der Waals surface area contributed by atoms with Crippen molar-refractivity contribution in [2.45, 2.75) is 72.3 Å². The van der Waals surface area contributed by atoms with Crippen LogP contribution in [0.4, 0.5) is 5.69 Å². The number of carbonyl (C=O) groups is 2. The van der Waals surface area contributed by atoms with Crippen molar-refractivity contribution in [1.29, 1.82) is 0 Å². The van der Waals surface area contributed by atoms with Gasteiger partial charge in [-0.25, -0.2) is 0 Å². The average Bonchev–Trinajstić information content (AvgIpc) is 2.61. The molecule has 0 radical (unpaired) electrons. The van der Waals surface area contributed by atoms with Crippen LogP contribution >= 0.6 is 0 Å². The predicted octanol–water partition coefficient (Wildman–Crippen LogP) is 4.60. The van der Waals surface area contributed by atoms with Crippen molar-refractivity contribution in [1.82, 2.24) is 5.32 Å². The van der Waals surface area contributed by atoms with Crippen molar-refractivity contribution >= 4 is 17.5 Å². The zero-order chi connectivity index (χ0) is 20.1. The molecule has 2 amide bonds. The van der Waals surface area contributed by atoms with Crippen molar-refractivity contribution in [3.05, 3.63) is 29.3 Å². The van der Waals surface area contributed by atoms with Gasteiger partial charge in [-0.3, -0.25) is 9.59 Å². The van der Waals surface area contributed by atoms with Crippen LogP contribution in [-0.2, 0) is 9.59 Å². The van der Waals surface area contributed by atoms with E-state index in [1.165, 1.54) is 19.3 Å². The summed E-state index contributed by atoms with van der Waals surface area (Å²) in [6.45, 7) is 8.07. The number of anilines is 1. The summed E-state index contributed by atoms with van der Waals surface area (Å²) < 4.78 is 0. The van der Waals surface area contributed by atoms with Crippen molar-refractivity contribution in [2.24, 2.45) is 29.1 Å². The molecule has 0 saturated heterocycles. The van der Waals surface area contributed by atoms with Crippen LogP contribution in [0, 0.1) is 42.9 Å². The molecule has 4 bridgehead atoms. The first-order chi connectivity index (χ1) is 13.3. The summed E-state index contributed by atoms with van der Waals surface area (Å²) in [7, 11) is 0. The van der Waals surface area contributed by atoms with E-state index >= 15 is 0 Å². The first-order valence-electron chi connectivity index (χ1n) is 11.0. The molecule has 28 heavy (non-hydrogen) atoms. The average molecular weight is 383 g/mol. The van der Waals surface area contributed by atoms with E-state index in [9.17, 15) is 9.59 Å². The van der Waals surface area contributed by atoms with Gasteiger partial charge in [0.2, 0.25) is 11.8 Å². The fraction of sp³-hybridized carbons (Fsp3) is 0.667. The Morgan fingerprint density at radius 1 is 1.00 bits per heavy atom. The largest absolute Gasteiger partial charge is 0.344 e. The molecule has 1 aromatic rings. The van der Waals surface area contributed by atoms with E-state index in [2.05, 4.69) is 10.6 Å². The lowest BCUT2D eigenvalue weighted by Gasteiger charge is -2.55. The summed E-state index contributed by atoms with van der Waals surface area (Å²) in [5.41, 5.74) is 2.84. The maximum atomic E-state index is 13.4. The third kappa shape index (κ3) is 3.46. The zero-order valence-corrected chi connectivity index (χ0v) is 17.7. The fourth-order valence-electron chi connectivity index (χ4n) is 6.32. The lowest BCUT2D eigenvalue weighted by Crippen LogP contribution is -2.57. The van der Waals surface area contributed by atoms with Crippen LogP contribution in [0.15, 0.2) is 18.2 Å². The number of nitrogens with one attached hydrogen (secondary N) is 2. The molecule has 4 aliphatic carbocycles. The van der Waals surface area contributed by atoms with Crippen LogP contribution in [0.2, 0.25) is 0 Å². The second kappa shape index (κ2) is 7.20. The highest BCUT2D eigenvalue weighted by Crippen LogP contribution is 2.60. The monoisotopic (exact) mass is 382 g/mol. The lowest BCUT2D eigenvalue weighted by atomic mass is 9.49. The molecule has 2 N–H and O–H groups in total. The van der Waals surface area contributed by atoms with Gasteiger partial charge in [0, 0.05) is 11.1 Å². The number of benzene rings is 1. The number of carbonyl (C=O) groups excluding carboxylic acids is 2. The Labute approximate surface area is 168 Å². The van der Waals surface area contributed by atoms with Crippen molar-refractivity contribution in [3.63, 3.8) is 0 Å². The maximum absolute atomic E-state index is 13.4. The van der Waals surface area contributed by atoms with Gasteiger partial charge in [-0.15, -0.1) is 0 Å². The normalized spacial score (nSPS) is 31.7. The van der Waals surface area contributed by atoms with E-state index in [0.717, 1.165) is 53.8 Å². The first-order valence-corrected chi connectivity index (χ1v) is 11.0. The molecule has 5 rings (SSSR count). The van der Waals surface area contributed by atoms with Crippen LogP contribution in [0.1, 0.15) is 63.5 Å². The molecule has 1 aromatic carbocycles.